The van der Waals surface area contributed by atoms with Crippen LogP contribution in [0.1, 0.15) is 46.9 Å². The number of rotatable bonds is 6. The fraction of sp³-hybridized carbons (Fsp3) is 0.381. The molecule has 1 aliphatic heterocycles. The number of hydrogen-bond donors (Lipinski definition) is 1. The number of aromatic nitrogens is 3. The van der Waals surface area contributed by atoms with Crippen molar-refractivity contribution >= 4 is 27.3 Å². The summed E-state index contributed by atoms with van der Waals surface area (Å²) in [6.07, 6.45) is 0.199. The minimum atomic E-state index is -3.65. The predicted molar refractivity (Wildman–Crippen MR) is 114 cm³/mol. The number of fused-ring (bicyclic) bond motifs is 1. The number of sulfonamides is 1. The molecule has 9 nitrogen and oxygen atoms in total. The van der Waals surface area contributed by atoms with Crippen LogP contribution in [0.3, 0.4) is 0 Å². The Labute approximate surface area is 188 Å². The summed E-state index contributed by atoms with van der Waals surface area (Å²) in [6.45, 7) is 1.26. The standard InChI is InChI=1S/C21H21F2N5O4S/c22-19(23)18-11-17(13-1-2-13)26-20-16(12-24-28(18)20)21(29)25-14-3-5-15(6-4-14)33(30,31)27-7-9-32-10-8-27/h3-6,11-13,19H,1-2,7-10H2,(H,25,29). The Bertz CT molecular complexity index is 1300. The lowest BCUT2D eigenvalue weighted by Gasteiger charge is -2.26. The van der Waals surface area contributed by atoms with Crippen LogP contribution in [0.15, 0.2) is 41.4 Å². The Kier molecular flexibility index (Phi) is 5.59. The Morgan fingerprint density at radius 3 is 2.48 bits per heavy atom. The molecule has 174 valence electrons. The summed E-state index contributed by atoms with van der Waals surface area (Å²) in [6, 6.07) is 7.12. The first-order chi connectivity index (χ1) is 15.8. The zero-order valence-corrected chi connectivity index (χ0v) is 18.3. The van der Waals surface area contributed by atoms with Gasteiger partial charge in [0, 0.05) is 30.4 Å². The first kappa shape index (κ1) is 21.9. The molecule has 2 aromatic heterocycles. The highest BCUT2D eigenvalue weighted by molar-refractivity contribution is 7.89. The lowest BCUT2D eigenvalue weighted by atomic mass is 10.2. The van der Waals surface area contributed by atoms with Gasteiger partial charge in [0.25, 0.3) is 12.3 Å². The summed E-state index contributed by atoms with van der Waals surface area (Å²) in [7, 11) is -3.65. The van der Waals surface area contributed by atoms with E-state index in [1.54, 1.807) is 0 Å². The van der Waals surface area contributed by atoms with Crippen LogP contribution < -0.4 is 5.32 Å². The van der Waals surface area contributed by atoms with Crippen LogP contribution in [-0.4, -0.2) is 59.5 Å². The summed E-state index contributed by atoms with van der Waals surface area (Å²) in [5, 5.41) is 6.60. The van der Waals surface area contributed by atoms with Crippen LogP contribution in [0.25, 0.3) is 5.65 Å². The maximum Gasteiger partial charge on any atom is 0.280 e. The first-order valence-electron chi connectivity index (χ1n) is 10.5. The molecule has 33 heavy (non-hydrogen) atoms. The third-order valence-electron chi connectivity index (χ3n) is 5.70. The van der Waals surface area contributed by atoms with E-state index in [0.29, 0.717) is 24.6 Å². The van der Waals surface area contributed by atoms with Crippen molar-refractivity contribution in [2.75, 3.05) is 31.6 Å². The van der Waals surface area contributed by atoms with Crippen molar-refractivity contribution in [1.29, 1.82) is 0 Å². The van der Waals surface area contributed by atoms with Crippen molar-refractivity contribution in [2.45, 2.75) is 30.1 Å². The van der Waals surface area contributed by atoms with E-state index in [4.69, 9.17) is 4.74 Å². The van der Waals surface area contributed by atoms with Gasteiger partial charge >= 0.3 is 0 Å². The lowest BCUT2D eigenvalue weighted by molar-refractivity contribution is 0.0730. The van der Waals surface area contributed by atoms with Gasteiger partial charge in [0.05, 0.1) is 24.3 Å². The predicted octanol–water partition coefficient (Wildman–Crippen LogP) is 2.82. The highest BCUT2D eigenvalue weighted by Gasteiger charge is 2.29. The van der Waals surface area contributed by atoms with Gasteiger partial charge in [-0.25, -0.2) is 26.7 Å². The zero-order valence-electron chi connectivity index (χ0n) is 17.4. The smallest absolute Gasteiger partial charge is 0.280 e. The highest BCUT2D eigenvalue weighted by Crippen LogP contribution is 2.40. The van der Waals surface area contributed by atoms with Crippen LogP contribution >= 0.6 is 0 Å². The summed E-state index contributed by atoms with van der Waals surface area (Å²) in [5.41, 5.74) is 0.708. The van der Waals surface area contributed by atoms with E-state index in [-0.39, 0.29) is 40.8 Å². The summed E-state index contributed by atoms with van der Waals surface area (Å²) in [4.78, 5) is 17.4. The minimum absolute atomic E-state index is 0.0596. The van der Waals surface area contributed by atoms with Crippen molar-refractivity contribution < 1.29 is 26.7 Å². The average molecular weight is 477 g/mol. The van der Waals surface area contributed by atoms with Crippen molar-refractivity contribution in [2.24, 2.45) is 0 Å². The monoisotopic (exact) mass is 477 g/mol. The number of alkyl halides is 2. The lowest BCUT2D eigenvalue weighted by Crippen LogP contribution is -2.40. The molecule has 3 heterocycles. The molecule has 1 saturated heterocycles. The number of carbonyl (C=O) groups is 1. The van der Waals surface area contributed by atoms with Gasteiger partial charge in [-0.05, 0) is 43.2 Å². The topological polar surface area (TPSA) is 106 Å². The molecule has 1 saturated carbocycles. The van der Waals surface area contributed by atoms with Gasteiger partial charge in [-0.15, -0.1) is 0 Å². The largest absolute Gasteiger partial charge is 0.379 e. The van der Waals surface area contributed by atoms with Gasteiger partial charge in [-0.2, -0.15) is 9.40 Å². The number of carbonyl (C=O) groups excluding carboxylic acids is 1. The molecule has 1 aromatic carbocycles. The fourth-order valence-corrected chi connectivity index (χ4v) is 5.16. The molecule has 0 bridgehead atoms. The maximum absolute atomic E-state index is 13.5. The molecule has 1 aliphatic carbocycles. The van der Waals surface area contributed by atoms with Crippen LogP contribution in [0.4, 0.5) is 14.5 Å². The van der Waals surface area contributed by atoms with Crippen LogP contribution in [0.2, 0.25) is 0 Å². The molecule has 2 aliphatic rings. The van der Waals surface area contributed by atoms with Gasteiger partial charge in [0.2, 0.25) is 10.0 Å². The number of morpholine rings is 1. The number of nitrogens with one attached hydrogen (secondary N) is 1. The second-order valence-corrected chi connectivity index (χ2v) is 9.91. The van der Waals surface area contributed by atoms with E-state index in [9.17, 15) is 22.0 Å². The molecule has 0 radical (unpaired) electrons. The quantitative estimate of drug-likeness (QED) is 0.585. The van der Waals surface area contributed by atoms with E-state index in [0.717, 1.165) is 17.4 Å². The zero-order chi connectivity index (χ0) is 23.2. The molecule has 0 spiro atoms. The van der Waals surface area contributed by atoms with Gasteiger partial charge in [0.15, 0.2) is 5.65 Å². The number of amides is 1. The van der Waals surface area contributed by atoms with Crippen LogP contribution in [-0.2, 0) is 14.8 Å². The van der Waals surface area contributed by atoms with Gasteiger partial charge in [-0.1, -0.05) is 0 Å². The van der Waals surface area contributed by atoms with Crippen molar-refractivity contribution in [1.82, 2.24) is 18.9 Å². The summed E-state index contributed by atoms with van der Waals surface area (Å²) >= 11 is 0. The Morgan fingerprint density at radius 1 is 1.15 bits per heavy atom. The van der Waals surface area contributed by atoms with Crippen molar-refractivity contribution in [3.05, 3.63) is 53.5 Å². The molecule has 0 atom stereocenters. The average Bonchev–Trinajstić information content (AvgIpc) is 3.58. The first-order valence-corrected chi connectivity index (χ1v) is 11.9. The number of benzene rings is 1. The van der Waals surface area contributed by atoms with Crippen molar-refractivity contribution in [3.8, 4) is 0 Å². The number of hydrogen-bond acceptors (Lipinski definition) is 6. The number of anilines is 1. The minimum Gasteiger partial charge on any atom is -0.379 e. The van der Waals surface area contributed by atoms with Gasteiger partial charge in [0.1, 0.15) is 11.3 Å². The Morgan fingerprint density at radius 2 is 1.85 bits per heavy atom. The summed E-state index contributed by atoms with van der Waals surface area (Å²) < 4.78 is 60.1. The van der Waals surface area contributed by atoms with Gasteiger partial charge in [-0.3, -0.25) is 4.79 Å². The van der Waals surface area contributed by atoms with E-state index in [1.807, 2.05) is 0 Å². The SMILES string of the molecule is O=C(Nc1ccc(S(=O)(=O)N2CCOCC2)cc1)c1cnn2c(C(F)F)cc(C3CC3)nc12. The molecular weight excluding hydrogens is 456 g/mol. The normalized spacial score (nSPS) is 17.5. The molecule has 3 aromatic rings. The van der Waals surface area contributed by atoms with Crippen LogP contribution in [0.5, 0.6) is 0 Å². The van der Waals surface area contributed by atoms with E-state index < -0.39 is 22.4 Å². The third-order valence-corrected chi connectivity index (χ3v) is 7.62. The molecule has 0 unspecified atom stereocenters. The molecule has 1 amide bonds. The molecule has 1 N–H and O–H groups in total. The number of ether oxygens (including phenoxy) is 1. The number of nitrogens with zero attached hydrogens (tertiary/aromatic N) is 4. The molecule has 2 fully saturated rings. The third kappa shape index (κ3) is 4.21. The second kappa shape index (κ2) is 8.43. The Hall–Kier alpha value is -2.96. The summed E-state index contributed by atoms with van der Waals surface area (Å²) in [5.74, 6) is -0.450. The molecule has 12 heteroatoms. The number of halogens is 2. The second-order valence-electron chi connectivity index (χ2n) is 7.97. The Balaban J connectivity index is 1.38. The van der Waals surface area contributed by atoms with Crippen LogP contribution in [0, 0.1) is 0 Å². The maximum atomic E-state index is 13.5. The highest BCUT2D eigenvalue weighted by atomic mass is 32.2. The van der Waals surface area contributed by atoms with E-state index in [1.165, 1.54) is 40.8 Å². The van der Waals surface area contributed by atoms with E-state index in [2.05, 4.69) is 15.4 Å². The molecule has 5 rings (SSSR count). The molecular formula is C21H21F2N5O4S. The van der Waals surface area contributed by atoms with E-state index >= 15 is 0 Å². The van der Waals surface area contributed by atoms with Gasteiger partial charge < -0.3 is 10.1 Å². The fourth-order valence-electron chi connectivity index (χ4n) is 3.75. The van der Waals surface area contributed by atoms with Crippen molar-refractivity contribution in [3.63, 3.8) is 0 Å².